The number of hydrogen-bond donors (Lipinski definition) is 0. The molecule has 32 heavy (non-hydrogen) atoms. The van der Waals surface area contributed by atoms with E-state index in [1.165, 1.54) is 103 Å². The topological polar surface area (TPSA) is 49.4 Å². The lowest BCUT2D eigenvalue weighted by Crippen LogP contribution is -2.37. The van der Waals surface area contributed by atoms with Crippen molar-refractivity contribution in [1.29, 1.82) is 0 Å². The predicted octanol–water partition coefficient (Wildman–Crippen LogP) is 7.86. The number of hydrogen-bond acceptors (Lipinski definition) is 3. The lowest BCUT2D eigenvalue weighted by Gasteiger charge is -2.29. The van der Waals surface area contributed by atoms with Crippen LogP contribution in [0.15, 0.2) is 12.2 Å². The Morgan fingerprint density at radius 1 is 0.688 bits per heavy atom. The summed E-state index contributed by atoms with van der Waals surface area (Å²) in [5.41, 5.74) is 0. The summed E-state index contributed by atoms with van der Waals surface area (Å²) in [4.78, 5) is 11.9. The van der Waals surface area contributed by atoms with Crippen molar-refractivity contribution in [3.63, 3.8) is 0 Å². The Balaban J connectivity index is 3.28. The minimum Gasteiger partial charge on any atom is -0.778 e. The first kappa shape index (κ1) is 31.9. The van der Waals surface area contributed by atoms with Gasteiger partial charge in [0.15, 0.2) is 0 Å². The minimum absolute atomic E-state index is 0.131. The Morgan fingerprint density at radius 2 is 1.09 bits per heavy atom. The second-order valence-corrected chi connectivity index (χ2v) is 12.5. The van der Waals surface area contributed by atoms with Gasteiger partial charge >= 0.3 is 0 Å². The Morgan fingerprint density at radius 3 is 1.53 bits per heavy atom. The Labute approximate surface area is 201 Å². The maximum absolute atomic E-state index is 11.9. The van der Waals surface area contributed by atoms with E-state index in [1.54, 1.807) is 0 Å². The predicted molar refractivity (Wildman–Crippen MR) is 139 cm³/mol. The first-order valence-corrected chi connectivity index (χ1v) is 15.4. The summed E-state index contributed by atoms with van der Waals surface area (Å²) in [6.45, 7) is 3.22. The zero-order valence-electron chi connectivity index (χ0n) is 22.1. The molecule has 0 heterocycles. The lowest BCUT2D eigenvalue weighted by molar-refractivity contribution is -0.868. The largest absolute Gasteiger partial charge is 0.778 e. The minimum atomic E-state index is -3.65. The molecule has 0 saturated carbocycles. The van der Waals surface area contributed by atoms with Crippen LogP contribution in [0.25, 0.3) is 0 Å². The van der Waals surface area contributed by atoms with E-state index in [4.69, 9.17) is 4.52 Å². The van der Waals surface area contributed by atoms with Crippen molar-refractivity contribution in [2.75, 3.05) is 40.5 Å². The molecule has 1 unspecified atom stereocenters. The molecule has 0 spiro atoms. The van der Waals surface area contributed by atoms with Gasteiger partial charge in [-0.2, -0.15) is 0 Å². The van der Waals surface area contributed by atoms with Gasteiger partial charge < -0.3 is 18.5 Å². The molecule has 0 N–H and O–H groups in total. The van der Waals surface area contributed by atoms with Crippen molar-refractivity contribution in [2.45, 2.75) is 122 Å². The second-order valence-electron chi connectivity index (χ2n) is 10.5. The van der Waals surface area contributed by atoms with Gasteiger partial charge in [0.25, 0.3) is 0 Å². The maximum Gasteiger partial charge on any atom is 0.140 e. The molecular formula is C27H56NO3P. The Kier molecular flexibility index (Phi) is 21.3. The smallest absolute Gasteiger partial charge is 0.140 e. The van der Waals surface area contributed by atoms with Gasteiger partial charge in [0.2, 0.25) is 0 Å². The maximum atomic E-state index is 11.9. The standard InChI is InChI=1S/C27H56NO3P/c1-5-6-7-8-9-10-11-12-13-14-15-16-17-18-19-20-21-22-23-24-26-31-32(29,30)27-25-28(2,3)4/h12-13H,5-11,14-27H2,1-4H3/b13-12-. The average Bonchev–Trinajstić information content (AvgIpc) is 2.73. The van der Waals surface area contributed by atoms with Crippen molar-refractivity contribution in [3.05, 3.63) is 12.2 Å². The van der Waals surface area contributed by atoms with Crippen LogP contribution in [0.1, 0.15) is 122 Å². The second kappa shape index (κ2) is 21.4. The number of quaternary nitrogens is 1. The van der Waals surface area contributed by atoms with Crippen LogP contribution >= 0.6 is 7.60 Å². The number of rotatable bonds is 24. The molecule has 0 aliphatic carbocycles. The van der Waals surface area contributed by atoms with Gasteiger partial charge in [-0.3, -0.25) is 0 Å². The SMILES string of the molecule is CCCCCCCC/C=C\CCCCCCCCCCCCOP(=O)([O-])CC[N+](C)(C)C. The molecule has 5 heteroatoms. The van der Waals surface area contributed by atoms with Crippen LogP contribution in [0.2, 0.25) is 0 Å². The van der Waals surface area contributed by atoms with Crippen LogP contribution in [-0.4, -0.2) is 44.9 Å². The summed E-state index contributed by atoms with van der Waals surface area (Å²) in [5.74, 6) is 0. The third-order valence-electron chi connectivity index (χ3n) is 5.99. The van der Waals surface area contributed by atoms with Gasteiger partial charge in [-0.25, -0.2) is 0 Å². The van der Waals surface area contributed by atoms with Crippen molar-refractivity contribution in [3.8, 4) is 0 Å². The molecule has 0 aromatic carbocycles. The van der Waals surface area contributed by atoms with Crippen LogP contribution in [0.3, 0.4) is 0 Å². The van der Waals surface area contributed by atoms with Gasteiger partial charge in [0.05, 0.1) is 40.5 Å². The zero-order chi connectivity index (χ0) is 24.0. The van der Waals surface area contributed by atoms with E-state index in [2.05, 4.69) is 19.1 Å². The molecule has 0 aromatic heterocycles. The van der Waals surface area contributed by atoms with E-state index in [1.807, 2.05) is 21.1 Å². The summed E-state index contributed by atoms with van der Waals surface area (Å²) in [7, 11) is 2.33. The highest BCUT2D eigenvalue weighted by Gasteiger charge is 2.14. The zero-order valence-corrected chi connectivity index (χ0v) is 23.0. The molecule has 0 aliphatic heterocycles. The Hall–Kier alpha value is -0.150. The van der Waals surface area contributed by atoms with Gasteiger partial charge in [0.1, 0.15) is 7.60 Å². The lowest BCUT2D eigenvalue weighted by atomic mass is 10.1. The van der Waals surface area contributed by atoms with E-state index in [-0.39, 0.29) is 6.16 Å². The number of unbranched alkanes of at least 4 members (excludes halogenated alkanes) is 16. The molecule has 1 atom stereocenters. The highest BCUT2D eigenvalue weighted by molar-refractivity contribution is 7.51. The molecule has 192 valence electrons. The van der Waals surface area contributed by atoms with Crippen molar-refractivity contribution >= 4 is 7.60 Å². The van der Waals surface area contributed by atoms with Gasteiger partial charge in [-0.15, -0.1) is 0 Å². The number of nitrogens with zero attached hydrogens (tertiary/aromatic N) is 1. The average molecular weight is 474 g/mol. The van der Waals surface area contributed by atoms with Crippen LogP contribution in [0, 0.1) is 0 Å². The third-order valence-corrected chi connectivity index (χ3v) is 7.31. The first-order valence-electron chi connectivity index (χ1n) is 13.7. The molecule has 4 nitrogen and oxygen atoms in total. The van der Waals surface area contributed by atoms with Crippen LogP contribution in [0.5, 0.6) is 0 Å². The summed E-state index contributed by atoms with van der Waals surface area (Å²) < 4.78 is 17.7. The van der Waals surface area contributed by atoms with Crippen molar-refractivity contribution in [2.24, 2.45) is 0 Å². The molecule has 0 fully saturated rings. The van der Waals surface area contributed by atoms with Crippen LogP contribution < -0.4 is 4.89 Å². The molecule has 0 amide bonds. The molecule has 0 saturated heterocycles. The molecule has 0 radical (unpaired) electrons. The first-order chi connectivity index (χ1) is 15.3. The summed E-state index contributed by atoms with van der Waals surface area (Å²) >= 11 is 0. The molecule has 0 bridgehead atoms. The van der Waals surface area contributed by atoms with E-state index in [0.717, 1.165) is 12.8 Å². The number of allylic oxidation sites excluding steroid dienone is 2. The molecule has 0 aliphatic rings. The molecular weight excluding hydrogens is 417 g/mol. The quantitative estimate of drug-likeness (QED) is 0.0620. The van der Waals surface area contributed by atoms with Gasteiger partial charge in [0, 0.05) is 0 Å². The van der Waals surface area contributed by atoms with Crippen LogP contribution in [-0.2, 0) is 9.09 Å². The fourth-order valence-electron chi connectivity index (χ4n) is 3.75. The monoisotopic (exact) mass is 473 g/mol. The fraction of sp³-hybridized carbons (Fsp3) is 0.926. The van der Waals surface area contributed by atoms with Crippen molar-refractivity contribution in [1.82, 2.24) is 0 Å². The summed E-state index contributed by atoms with van der Waals surface area (Å²) in [5, 5.41) is 0. The molecule has 0 rings (SSSR count). The Bertz CT molecular complexity index is 474. The van der Waals surface area contributed by atoms with Gasteiger partial charge in [-0.05, 0) is 32.1 Å². The molecule has 0 aromatic rings. The van der Waals surface area contributed by atoms with Crippen molar-refractivity contribution < 1.29 is 18.5 Å². The summed E-state index contributed by atoms with van der Waals surface area (Å²) in [6, 6.07) is 0. The van der Waals surface area contributed by atoms with E-state index in [9.17, 15) is 9.46 Å². The summed E-state index contributed by atoms with van der Waals surface area (Å²) in [6.07, 6.45) is 28.2. The van der Waals surface area contributed by atoms with Gasteiger partial charge in [-0.1, -0.05) is 103 Å². The fourth-order valence-corrected chi connectivity index (χ4v) is 5.13. The normalized spacial score (nSPS) is 14.3. The van der Waals surface area contributed by atoms with Crippen LogP contribution in [0.4, 0.5) is 0 Å². The highest BCUT2D eigenvalue weighted by atomic mass is 31.2. The van der Waals surface area contributed by atoms with E-state index in [0.29, 0.717) is 17.6 Å². The van der Waals surface area contributed by atoms with E-state index < -0.39 is 7.60 Å². The van der Waals surface area contributed by atoms with E-state index >= 15 is 0 Å². The highest BCUT2D eigenvalue weighted by Crippen LogP contribution is 2.36. The third kappa shape index (κ3) is 26.1.